The van der Waals surface area contributed by atoms with Crippen LogP contribution in [0.1, 0.15) is 37.0 Å². The van der Waals surface area contributed by atoms with Gasteiger partial charge in [0, 0.05) is 29.4 Å². The van der Waals surface area contributed by atoms with Crippen molar-refractivity contribution in [1.82, 2.24) is 4.98 Å². The third kappa shape index (κ3) is 5.84. The lowest BCUT2D eigenvalue weighted by atomic mass is 10.0. The molecule has 1 aromatic heterocycles. The number of anilines is 1. The minimum absolute atomic E-state index is 0.0468. The van der Waals surface area contributed by atoms with Gasteiger partial charge in [-0.2, -0.15) is 0 Å². The molecule has 0 unspecified atom stereocenters. The molecular formula is C29H28N2O4. The molecule has 0 fully saturated rings. The molecule has 0 atom stereocenters. The molecule has 1 heterocycles. The lowest BCUT2D eigenvalue weighted by Gasteiger charge is -2.12. The van der Waals surface area contributed by atoms with Gasteiger partial charge in [0.2, 0.25) is 5.91 Å². The zero-order valence-corrected chi connectivity index (χ0v) is 19.9. The van der Waals surface area contributed by atoms with Crippen LogP contribution in [0.15, 0.2) is 78.9 Å². The molecule has 4 rings (SSSR count). The Labute approximate surface area is 204 Å². The number of carbonyl (C=O) groups is 2. The minimum Gasteiger partial charge on any atom is -0.490 e. The van der Waals surface area contributed by atoms with Crippen LogP contribution in [0, 0.1) is 0 Å². The minimum atomic E-state index is -0.267. The van der Waals surface area contributed by atoms with E-state index in [1.54, 1.807) is 18.2 Å². The summed E-state index contributed by atoms with van der Waals surface area (Å²) in [6.07, 6.45) is 0.121. The largest absolute Gasteiger partial charge is 0.490 e. The second-order valence-electron chi connectivity index (χ2n) is 7.94. The first-order chi connectivity index (χ1) is 17.1. The van der Waals surface area contributed by atoms with E-state index in [1.165, 1.54) is 0 Å². The summed E-state index contributed by atoms with van der Waals surface area (Å²) in [5, 5.41) is 4.85. The summed E-state index contributed by atoms with van der Waals surface area (Å²) in [6.45, 7) is 4.73. The summed E-state index contributed by atoms with van der Waals surface area (Å²) in [5.74, 6) is 1.18. The SMILES string of the molecule is CCOc1ccc(C(=O)CCC(=O)Nc2cc3ccccc3c(-c3ccccc3)n2)cc1OCC. The molecular weight excluding hydrogens is 440 g/mol. The Hall–Kier alpha value is -4.19. The van der Waals surface area contributed by atoms with E-state index in [0.29, 0.717) is 36.1 Å². The predicted octanol–water partition coefficient (Wildman–Crippen LogP) is 6.30. The van der Waals surface area contributed by atoms with E-state index in [9.17, 15) is 9.59 Å². The van der Waals surface area contributed by atoms with E-state index in [1.807, 2.05) is 74.5 Å². The average Bonchev–Trinajstić information content (AvgIpc) is 2.88. The van der Waals surface area contributed by atoms with Gasteiger partial charge in [-0.25, -0.2) is 4.98 Å². The quantitative estimate of drug-likeness (QED) is 0.276. The molecule has 1 amide bonds. The third-order valence-electron chi connectivity index (χ3n) is 5.50. The molecule has 0 aliphatic carbocycles. The zero-order valence-electron chi connectivity index (χ0n) is 19.9. The van der Waals surface area contributed by atoms with Crippen LogP contribution < -0.4 is 14.8 Å². The average molecular weight is 469 g/mol. The van der Waals surface area contributed by atoms with Crippen LogP contribution in [0.2, 0.25) is 0 Å². The van der Waals surface area contributed by atoms with Crippen molar-refractivity contribution < 1.29 is 19.1 Å². The number of aromatic nitrogens is 1. The molecule has 0 radical (unpaired) electrons. The van der Waals surface area contributed by atoms with E-state index >= 15 is 0 Å². The number of carbonyl (C=O) groups excluding carboxylic acids is 2. The van der Waals surface area contributed by atoms with E-state index in [2.05, 4.69) is 5.32 Å². The number of Topliss-reactive ketones (excluding diaryl/α,β-unsaturated/α-hetero) is 1. The van der Waals surface area contributed by atoms with Gasteiger partial charge in [0.15, 0.2) is 17.3 Å². The molecule has 178 valence electrons. The lowest BCUT2D eigenvalue weighted by molar-refractivity contribution is -0.116. The van der Waals surface area contributed by atoms with Gasteiger partial charge in [-0.3, -0.25) is 9.59 Å². The van der Waals surface area contributed by atoms with Crippen LogP contribution >= 0.6 is 0 Å². The number of fused-ring (bicyclic) bond motifs is 1. The van der Waals surface area contributed by atoms with E-state index in [0.717, 1.165) is 22.0 Å². The molecule has 0 spiro atoms. The van der Waals surface area contributed by atoms with Gasteiger partial charge >= 0.3 is 0 Å². The van der Waals surface area contributed by atoms with Gasteiger partial charge in [0.05, 0.1) is 18.9 Å². The first kappa shape index (κ1) is 24.0. The Morgan fingerprint density at radius 1 is 0.800 bits per heavy atom. The van der Waals surface area contributed by atoms with E-state index < -0.39 is 0 Å². The maximum atomic E-state index is 12.7. The topological polar surface area (TPSA) is 77.5 Å². The highest BCUT2D eigenvalue weighted by molar-refractivity contribution is 6.02. The van der Waals surface area contributed by atoms with E-state index in [4.69, 9.17) is 14.5 Å². The van der Waals surface area contributed by atoms with Crippen LogP contribution in [0.4, 0.5) is 5.82 Å². The number of ketones is 1. The standard InChI is InChI=1S/C29H28N2O4/c1-3-34-25-16-14-22(18-26(25)35-4-2)24(32)15-17-28(33)30-27-19-21-12-8-9-13-23(21)29(31-27)20-10-6-5-7-11-20/h5-14,16,18-19H,3-4,15,17H2,1-2H3,(H,30,31,33). The van der Waals surface area contributed by atoms with Gasteiger partial charge in [0.1, 0.15) is 5.82 Å². The van der Waals surface area contributed by atoms with E-state index in [-0.39, 0.29) is 24.5 Å². The molecule has 0 saturated heterocycles. The number of nitrogens with zero attached hydrogens (tertiary/aromatic N) is 1. The number of rotatable bonds is 10. The monoisotopic (exact) mass is 468 g/mol. The molecule has 0 saturated carbocycles. The number of pyridine rings is 1. The maximum Gasteiger partial charge on any atom is 0.225 e. The van der Waals surface area contributed by atoms with Crippen molar-refractivity contribution in [3.8, 4) is 22.8 Å². The van der Waals surface area contributed by atoms with Crippen molar-refractivity contribution in [3.05, 3.63) is 84.4 Å². The Morgan fingerprint density at radius 3 is 2.29 bits per heavy atom. The molecule has 0 aliphatic rings. The number of hydrogen-bond acceptors (Lipinski definition) is 5. The molecule has 6 heteroatoms. The summed E-state index contributed by atoms with van der Waals surface area (Å²) >= 11 is 0. The first-order valence-electron chi connectivity index (χ1n) is 11.8. The summed E-state index contributed by atoms with van der Waals surface area (Å²) in [4.78, 5) is 30.2. The Balaban J connectivity index is 1.47. The highest BCUT2D eigenvalue weighted by Crippen LogP contribution is 2.30. The first-order valence-corrected chi connectivity index (χ1v) is 11.8. The van der Waals surface area contributed by atoms with Gasteiger partial charge in [-0.15, -0.1) is 0 Å². The van der Waals surface area contributed by atoms with Crippen molar-refractivity contribution in [2.75, 3.05) is 18.5 Å². The zero-order chi connectivity index (χ0) is 24.6. The summed E-state index contributed by atoms with van der Waals surface area (Å²) in [7, 11) is 0. The predicted molar refractivity (Wildman–Crippen MR) is 138 cm³/mol. The Morgan fingerprint density at radius 2 is 1.51 bits per heavy atom. The highest BCUT2D eigenvalue weighted by atomic mass is 16.5. The van der Waals surface area contributed by atoms with Crippen molar-refractivity contribution in [3.63, 3.8) is 0 Å². The molecule has 1 N–H and O–H groups in total. The Kier molecular flexibility index (Phi) is 7.73. The number of hydrogen-bond donors (Lipinski definition) is 1. The maximum absolute atomic E-state index is 12.7. The molecule has 6 nitrogen and oxygen atoms in total. The van der Waals surface area contributed by atoms with Gasteiger partial charge in [-0.1, -0.05) is 54.6 Å². The van der Waals surface area contributed by atoms with Gasteiger partial charge in [-0.05, 0) is 43.5 Å². The molecule has 4 aromatic rings. The molecule has 3 aromatic carbocycles. The van der Waals surface area contributed by atoms with Crippen molar-refractivity contribution in [1.29, 1.82) is 0 Å². The molecule has 0 bridgehead atoms. The molecule has 0 aliphatic heterocycles. The number of ether oxygens (including phenoxy) is 2. The fraction of sp³-hybridized carbons (Fsp3) is 0.207. The highest BCUT2D eigenvalue weighted by Gasteiger charge is 2.15. The van der Waals surface area contributed by atoms with Crippen LogP contribution in [0.25, 0.3) is 22.0 Å². The van der Waals surface area contributed by atoms with Crippen LogP contribution in [0.3, 0.4) is 0 Å². The normalized spacial score (nSPS) is 10.7. The second kappa shape index (κ2) is 11.3. The van der Waals surface area contributed by atoms with Gasteiger partial charge in [0.25, 0.3) is 0 Å². The van der Waals surface area contributed by atoms with Gasteiger partial charge < -0.3 is 14.8 Å². The van der Waals surface area contributed by atoms with Crippen LogP contribution in [-0.2, 0) is 4.79 Å². The smallest absolute Gasteiger partial charge is 0.225 e. The van der Waals surface area contributed by atoms with Crippen LogP contribution in [0.5, 0.6) is 11.5 Å². The number of amides is 1. The second-order valence-corrected chi connectivity index (χ2v) is 7.94. The lowest BCUT2D eigenvalue weighted by Crippen LogP contribution is -2.14. The molecule has 35 heavy (non-hydrogen) atoms. The fourth-order valence-corrected chi connectivity index (χ4v) is 3.88. The summed E-state index contributed by atoms with van der Waals surface area (Å²) in [6, 6.07) is 24.7. The summed E-state index contributed by atoms with van der Waals surface area (Å²) in [5.41, 5.74) is 2.25. The Bertz CT molecular complexity index is 1340. The number of benzene rings is 3. The van der Waals surface area contributed by atoms with Crippen molar-refractivity contribution in [2.45, 2.75) is 26.7 Å². The third-order valence-corrected chi connectivity index (χ3v) is 5.50. The summed E-state index contributed by atoms with van der Waals surface area (Å²) < 4.78 is 11.2. The number of nitrogens with one attached hydrogen (secondary N) is 1. The van der Waals surface area contributed by atoms with Crippen molar-refractivity contribution >= 4 is 28.3 Å². The fourth-order valence-electron chi connectivity index (χ4n) is 3.88. The van der Waals surface area contributed by atoms with Crippen molar-refractivity contribution in [2.24, 2.45) is 0 Å². The van der Waals surface area contributed by atoms with Crippen LogP contribution in [-0.4, -0.2) is 29.9 Å².